The maximum absolute atomic E-state index is 12.1. The van der Waals surface area contributed by atoms with E-state index in [1.165, 1.54) is 6.33 Å². The predicted octanol–water partition coefficient (Wildman–Crippen LogP) is 1.84. The lowest BCUT2D eigenvalue weighted by Gasteiger charge is -2.21. The van der Waals surface area contributed by atoms with E-state index in [0.717, 1.165) is 5.56 Å². The third-order valence-electron chi connectivity index (χ3n) is 3.50. The van der Waals surface area contributed by atoms with Gasteiger partial charge in [0.1, 0.15) is 6.33 Å². The molecule has 0 spiro atoms. The quantitative estimate of drug-likeness (QED) is 0.903. The van der Waals surface area contributed by atoms with Crippen LogP contribution in [0.1, 0.15) is 12.0 Å². The van der Waals surface area contributed by atoms with E-state index in [1.807, 2.05) is 13.0 Å². The van der Waals surface area contributed by atoms with Crippen LogP contribution in [0.4, 0.5) is 11.6 Å². The number of nitrogens with zero attached hydrogens (tertiary/aromatic N) is 3. The maximum atomic E-state index is 12.1. The number of nitrogens with one attached hydrogen (secondary N) is 2. The molecule has 2 N–H and O–H groups in total. The maximum Gasteiger partial charge on any atom is 0.232 e. The summed E-state index contributed by atoms with van der Waals surface area (Å²) < 4.78 is 1.57. The molecular weight excluding hydrogens is 306 g/mol. The first-order valence-electron chi connectivity index (χ1n) is 6.77. The average Bonchev–Trinajstić information content (AvgIpc) is 2.90. The Morgan fingerprint density at radius 3 is 3.14 bits per heavy atom. The van der Waals surface area contributed by atoms with Crippen LogP contribution in [0.3, 0.4) is 0 Å². The average molecular weight is 320 g/mol. The van der Waals surface area contributed by atoms with Crippen molar-refractivity contribution in [2.45, 2.75) is 19.9 Å². The van der Waals surface area contributed by atoms with Crippen LogP contribution in [0.5, 0.6) is 0 Å². The molecule has 7 nitrogen and oxygen atoms in total. The number of fused-ring (bicyclic) bond motifs is 1. The van der Waals surface area contributed by atoms with E-state index in [9.17, 15) is 9.59 Å². The lowest BCUT2D eigenvalue weighted by molar-refractivity contribution is -0.125. The second kappa shape index (κ2) is 5.76. The second-order valence-electron chi connectivity index (χ2n) is 5.17. The van der Waals surface area contributed by atoms with Crippen LogP contribution in [0.2, 0.25) is 5.02 Å². The van der Waals surface area contributed by atoms with Gasteiger partial charge in [-0.2, -0.15) is 10.1 Å². The molecule has 114 valence electrons. The number of carbonyl (C=O) groups excluding carboxylic acids is 2. The molecule has 2 amide bonds. The minimum atomic E-state index is -0.477. The predicted molar refractivity (Wildman–Crippen MR) is 81.6 cm³/mol. The number of anilines is 2. The normalized spacial score (nSPS) is 16.8. The molecule has 0 bridgehead atoms. The van der Waals surface area contributed by atoms with E-state index in [4.69, 9.17) is 11.6 Å². The Morgan fingerprint density at radius 1 is 1.55 bits per heavy atom. The van der Waals surface area contributed by atoms with Crippen molar-refractivity contribution in [3.63, 3.8) is 0 Å². The molecule has 0 saturated carbocycles. The van der Waals surface area contributed by atoms with Crippen LogP contribution in [0.25, 0.3) is 0 Å². The topological polar surface area (TPSA) is 88.9 Å². The Kier molecular flexibility index (Phi) is 3.81. The first kappa shape index (κ1) is 14.5. The fraction of sp³-hybridized carbons (Fsp3) is 0.286. The minimum Gasteiger partial charge on any atom is -0.326 e. The van der Waals surface area contributed by atoms with Gasteiger partial charge >= 0.3 is 0 Å². The van der Waals surface area contributed by atoms with Gasteiger partial charge in [0.05, 0.1) is 12.5 Å². The van der Waals surface area contributed by atoms with Crippen molar-refractivity contribution in [2.24, 2.45) is 5.92 Å². The summed E-state index contributed by atoms with van der Waals surface area (Å²) in [5, 5.41) is 9.95. The molecular formula is C14H14ClN5O2. The van der Waals surface area contributed by atoms with Crippen molar-refractivity contribution in [1.29, 1.82) is 0 Å². The molecule has 1 aliphatic rings. The Labute approximate surface area is 131 Å². The monoisotopic (exact) mass is 319 g/mol. The Hall–Kier alpha value is -2.41. The van der Waals surface area contributed by atoms with Crippen LogP contribution in [-0.4, -0.2) is 26.6 Å². The highest BCUT2D eigenvalue weighted by atomic mass is 35.5. The Morgan fingerprint density at radius 2 is 2.36 bits per heavy atom. The van der Waals surface area contributed by atoms with Crippen molar-refractivity contribution in [2.75, 3.05) is 10.6 Å². The van der Waals surface area contributed by atoms with Gasteiger partial charge in [-0.25, -0.2) is 4.68 Å². The number of rotatable bonds is 3. The highest BCUT2D eigenvalue weighted by Crippen LogP contribution is 2.22. The zero-order chi connectivity index (χ0) is 15.7. The summed E-state index contributed by atoms with van der Waals surface area (Å²) in [5.74, 6) is -0.539. The number of aromatic nitrogens is 3. The van der Waals surface area contributed by atoms with Crippen molar-refractivity contribution >= 4 is 35.1 Å². The van der Waals surface area contributed by atoms with Gasteiger partial charge in [0.25, 0.3) is 0 Å². The molecule has 1 aromatic heterocycles. The largest absolute Gasteiger partial charge is 0.326 e. The van der Waals surface area contributed by atoms with Crippen molar-refractivity contribution in [3.8, 4) is 0 Å². The molecule has 1 aromatic carbocycles. The van der Waals surface area contributed by atoms with E-state index in [-0.39, 0.29) is 18.2 Å². The van der Waals surface area contributed by atoms with Gasteiger partial charge < -0.3 is 5.32 Å². The van der Waals surface area contributed by atoms with Gasteiger partial charge in [0, 0.05) is 17.1 Å². The number of hydrogen-bond acceptors (Lipinski definition) is 4. The van der Waals surface area contributed by atoms with Crippen molar-refractivity contribution in [1.82, 2.24) is 14.8 Å². The number of aryl methyl sites for hydroxylation is 1. The molecule has 0 fully saturated rings. The summed E-state index contributed by atoms with van der Waals surface area (Å²) in [7, 11) is 0. The van der Waals surface area contributed by atoms with E-state index < -0.39 is 5.92 Å². The number of carbonyl (C=O) groups is 2. The van der Waals surface area contributed by atoms with Crippen LogP contribution in [0, 0.1) is 12.8 Å². The molecule has 0 aliphatic carbocycles. The lowest BCUT2D eigenvalue weighted by Crippen LogP contribution is -2.36. The highest BCUT2D eigenvalue weighted by Gasteiger charge is 2.29. The highest BCUT2D eigenvalue weighted by molar-refractivity contribution is 6.31. The van der Waals surface area contributed by atoms with Gasteiger partial charge in [-0.3, -0.25) is 14.9 Å². The Bertz CT molecular complexity index is 743. The number of benzene rings is 1. The molecule has 22 heavy (non-hydrogen) atoms. The summed E-state index contributed by atoms with van der Waals surface area (Å²) in [6.45, 7) is 2.22. The van der Waals surface area contributed by atoms with Gasteiger partial charge in [-0.1, -0.05) is 17.7 Å². The molecule has 2 aromatic rings. The van der Waals surface area contributed by atoms with Gasteiger partial charge in [0.2, 0.25) is 17.8 Å². The van der Waals surface area contributed by atoms with Gasteiger partial charge in [-0.15, -0.1) is 0 Å². The van der Waals surface area contributed by atoms with E-state index in [2.05, 4.69) is 20.7 Å². The van der Waals surface area contributed by atoms with E-state index in [1.54, 1.807) is 16.8 Å². The summed E-state index contributed by atoms with van der Waals surface area (Å²) >= 11 is 6.02. The minimum absolute atomic E-state index is 0.0661. The van der Waals surface area contributed by atoms with Crippen LogP contribution < -0.4 is 10.6 Å². The molecule has 1 unspecified atom stereocenters. The van der Waals surface area contributed by atoms with Crippen LogP contribution >= 0.6 is 11.6 Å². The van der Waals surface area contributed by atoms with Crippen LogP contribution in [0.15, 0.2) is 24.5 Å². The summed E-state index contributed by atoms with van der Waals surface area (Å²) in [4.78, 5) is 28.0. The van der Waals surface area contributed by atoms with Crippen molar-refractivity contribution < 1.29 is 9.59 Å². The van der Waals surface area contributed by atoms with E-state index in [0.29, 0.717) is 23.2 Å². The molecule has 0 saturated heterocycles. The summed E-state index contributed by atoms with van der Waals surface area (Å²) in [6, 6.07) is 5.29. The number of amides is 2. The zero-order valence-corrected chi connectivity index (χ0v) is 12.6. The fourth-order valence-corrected chi connectivity index (χ4v) is 2.44. The zero-order valence-electron chi connectivity index (χ0n) is 11.8. The van der Waals surface area contributed by atoms with Crippen molar-refractivity contribution in [3.05, 3.63) is 35.1 Å². The molecule has 2 heterocycles. The third kappa shape index (κ3) is 2.94. The van der Waals surface area contributed by atoms with Crippen LogP contribution in [-0.2, 0) is 16.1 Å². The first-order chi connectivity index (χ1) is 10.5. The molecule has 8 heteroatoms. The summed E-state index contributed by atoms with van der Waals surface area (Å²) in [6.07, 6.45) is 1.43. The van der Waals surface area contributed by atoms with E-state index >= 15 is 0 Å². The first-order valence-corrected chi connectivity index (χ1v) is 7.15. The fourth-order valence-electron chi connectivity index (χ4n) is 2.26. The second-order valence-corrected chi connectivity index (χ2v) is 5.58. The smallest absolute Gasteiger partial charge is 0.232 e. The summed E-state index contributed by atoms with van der Waals surface area (Å²) in [5.41, 5.74) is 1.54. The van der Waals surface area contributed by atoms with Gasteiger partial charge in [0.15, 0.2) is 0 Å². The molecule has 0 radical (unpaired) electrons. The standard InChI is InChI=1S/C14H14ClN5O2/c1-8-2-3-10(5-11(8)15)18-12(21)4-9-6-20-14(16-7-17-20)19-13(9)22/h2-3,5,7,9H,4,6H2,1H3,(H,18,21)(H,16,17,19,22). The lowest BCUT2D eigenvalue weighted by atomic mass is 10.0. The van der Waals surface area contributed by atoms with Gasteiger partial charge in [-0.05, 0) is 24.6 Å². The molecule has 1 atom stereocenters. The Balaban J connectivity index is 1.64. The molecule has 3 rings (SSSR count). The third-order valence-corrected chi connectivity index (χ3v) is 3.91. The number of hydrogen-bond donors (Lipinski definition) is 2. The number of halogens is 1. The molecule has 1 aliphatic heterocycles. The SMILES string of the molecule is Cc1ccc(NC(=O)CC2Cn3ncnc3NC2=O)cc1Cl.